The van der Waals surface area contributed by atoms with Crippen molar-refractivity contribution in [1.29, 1.82) is 0 Å². The minimum Gasteiger partial charge on any atom is -0.496 e. The molecule has 2 aromatic carbocycles. The van der Waals surface area contributed by atoms with Gasteiger partial charge >= 0.3 is 0 Å². The summed E-state index contributed by atoms with van der Waals surface area (Å²) in [5, 5.41) is 3.55. The molecule has 20 heavy (non-hydrogen) atoms. The fraction of sp³-hybridized carbons (Fsp3) is 0.333. The lowest BCUT2D eigenvalue weighted by molar-refractivity contribution is 0.409. The van der Waals surface area contributed by atoms with E-state index in [0.29, 0.717) is 6.04 Å². The number of anilines is 1. The van der Waals surface area contributed by atoms with E-state index < -0.39 is 0 Å². The Hall–Kier alpha value is -1.96. The van der Waals surface area contributed by atoms with Gasteiger partial charge in [0.05, 0.1) is 7.11 Å². The van der Waals surface area contributed by atoms with Crippen molar-refractivity contribution >= 4 is 5.69 Å². The highest BCUT2D eigenvalue weighted by Crippen LogP contribution is 2.21. The molecule has 2 nitrogen and oxygen atoms in total. The van der Waals surface area contributed by atoms with Crippen LogP contribution >= 0.6 is 0 Å². The van der Waals surface area contributed by atoms with Crippen molar-refractivity contribution < 1.29 is 4.74 Å². The Bertz CT molecular complexity index is 577. The maximum Gasteiger partial charge on any atom is 0.122 e. The number of ether oxygens (including phenoxy) is 1. The summed E-state index contributed by atoms with van der Waals surface area (Å²) < 4.78 is 5.40. The van der Waals surface area contributed by atoms with Crippen LogP contribution in [0.4, 0.5) is 5.69 Å². The molecule has 0 saturated heterocycles. The number of hydrogen-bond donors (Lipinski definition) is 1. The van der Waals surface area contributed by atoms with Crippen LogP contribution in [0, 0.1) is 13.8 Å². The van der Waals surface area contributed by atoms with E-state index >= 15 is 0 Å². The average molecular weight is 269 g/mol. The molecule has 2 aromatic rings. The van der Waals surface area contributed by atoms with Gasteiger partial charge in [-0.1, -0.05) is 24.3 Å². The van der Waals surface area contributed by atoms with E-state index in [0.717, 1.165) is 12.2 Å². The molecule has 0 aliphatic carbocycles. The lowest BCUT2D eigenvalue weighted by Gasteiger charge is -2.17. The van der Waals surface area contributed by atoms with Crippen LogP contribution in [0.1, 0.15) is 23.6 Å². The van der Waals surface area contributed by atoms with Gasteiger partial charge in [-0.25, -0.2) is 0 Å². The molecule has 0 spiro atoms. The molecule has 0 bridgehead atoms. The Balaban J connectivity index is 2.05. The second-order valence-electron chi connectivity index (χ2n) is 5.36. The second-order valence-corrected chi connectivity index (χ2v) is 5.36. The normalized spacial score (nSPS) is 12.0. The highest BCUT2D eigenvalue weighted by atomic mass is 16.5. The van der Waals surface area contributed by atoms with Gasteiger partial charge in [0.1, 0.15) is 5.75 Å². The first kappa shape index (κ1) is 14.4. The zero-order chi connectivity index (χ0) is 14.5. The SMILES string of the molecule is COc1ccccc1CC(C)Nc1ccc(C)c(C)c1. The summed E-state index contributed by atoms with van der Waals surface area (Å²) in [4.78, 5) is 0. The zero-order valence-corrected chi connectivity index (χ0v) is 12.7. The summed E-state index contributed by atoms with van der Waals surface area (Å²) in [6.45, 7) is 6.48. The summed E-state index contributed by atoms with van der Waals surface area (Å²) in [6, 6.07) is 15.1. The van der Waals surface area contributed by atoms with E-state index in [1.165, 1.54) is 22.4 Å². The molecule has 1 unspecified atom stereocenters. The summed E-state index contributed by atoms with van der Waals surface area (Å²) >= 11 is 0. The van der Waals surface area contributed by atoms with Crippen LogP contribution in [0.5, 0.6) is 5.75 Å². The van der Waals surface area contributed by atoms with Crippen molar-refractivity contribution in [2.24, 2.45) is 0 Å². The van der Waals surface area contributed by atoms with E-state index in [4.69, 9.17) is 4.74 Å². The number of hydrogen-bond acceptors (Lipinski definition) is 2. The molecular weight excluding hydrogens is 246 g/mol. The van der Waals surface area contributed by atoms with Crippen LogP contribution in [0.25, 0.3) is 0 Å². The number of aryl methyl sites for hydroxylation is 2. The van der Waals surface area contributed by atoms with Crippen molar-refractivity contribution in [1.82, 2.24) is 0 Å². The standard InChI is InChI=1S/C18H23NO/c1-13-9-10-17(11-14(13)2)19-15(3)12-16-7-5-6-8-18(16)20-4/h5-11,15,19H,12H2,1-4H3. The fourth-order valence-electron chi connectivity index (χ4n) is 2.37. The van der Waals surface area contributed by atoms with Crippen LogP contribution in [0.2, 0.25) is 0 Å². The number of nitrogens with one attached hydrogen (secondary N) is 1. The summed E-state index contributed by atoms with van der Waals surface area (Å²) in [5.41, 5.74) is 5.06. The molecule has 2 rings (SSSR count). The minimum absolute atomic E-state index is 0.355. The molecule has 0 amide bonds. The van der Waals surface area contributed by atoms with E-state index in [1.54, 1.807) is 7.11 Å². The number of benzene rings is 2. The quantitative estimate of drug-likeness (QED) is 0.871. The highest BCUT2D eigenvalue weighted by Gasteiger charge is 2.08. The van der Waals surface area contributed by atoms with Crippen molar-refractivity contribution in [3.8, 4) is 5.75 Å². The molecule has 0 fully saturated rings. The zero-order valence-electron chi connectivity index (χ0n) is 12.7. The van der Waals surface area contributed by atoms with Crippen LogP contribution in [0.3, 0.4) is 0 Å². The second kappa shape index (κ2) is 6.47. The van der Waals surface area contributed by atoms with Crippen molar-refractivity contribution in [2.75, 3.05) is 12.4 Å². The van der Waals surface area contributed by atoms with E-state index in [-0.39, 0.29) is 0 Å². The first-order valence-corrected chi connectivity index (χ1v) is 7.06. The molecular formula is C18H23NO. The maximum absolute atomic E-state index is 5.40. The van der Waals surface area contributed by atoms with Gasteiger partial charge in [0, 0.05) is 11.7 Å². The molecule has 1 atom stereocenters. The Morgan fingerprint density at radius 1 is 1.05 bits per heavy atom. The summed E-state index contributed by atoms with van der Waals surface area (Å²) in [6.07, 6.45) is 0.941. The van der Waals surface area contributed by atoms with Crippen LogP contribution in [-0.2, 0) is 6.42 Å². The van der Waals surface area contributed by atoms with Crippen LogP contribution < -0.4 is 10.1 Å². The molecule has 0 heterocycles. The summed E-state index contributed by atoms with van der Waals surface area (Å²) in [7, 11) is 1.72. The van der Waals surface area contributed by atoms with Gasteiger partial charge < -0.3 is 10.1 Å². The van der Waals surface area contributed by atoms with E-state index in [9.17, 15) is 0 Å². The minimum atomic E-state index is 0.355. The molecule has 1 N–H and O–H groups in total. The molecule has 0 saturated carbocycles. The first-order valence-electron chi connectivity index (χ1n) is 7.06. The maximum atomic E-state index is 5.40. The number of methoxy groups -OCH3 is 1. The molecule has 0 radical (unpaired) electrons. The number of rotatable bonds is 5. The predicted molar refractivity (Wildman–Crippen MR) is 85.7 cm³/mol. The average Bonchev–Trinajstić information content (AvgIpc) is 2.43. The van der Waals surface area contributed by atoms with Crippen LogP contribution in [0.15, 0.2) is 42.5 Å². The van der Waals surface area contributed by atoms with Crippen LogP contribution in [-0.4, -0.2) is 13.2 Å². The molecule has 0 aliphatic rings. The lowest BCUT2D eigenvalue weighted by Crippen LogP contribution is -2.18. The molecule has 106 valence electrons. The smallest absolute Gasteiger partial charge is 0.122 e. The van der Waals surface area contributed by atoms with Gasteiger partial charge in [0.2, 0.25) is 0 Å². The van der Waals surface area contributed by atoms with Gasteiger partial charge in [0.25, 0.3) is 0 Å². The van der Waals surface area contributed by atoms with E-state index in [2.05, 4.69) is 56.4 Å². The van der Waals surface area contributed by atoms with Gasteiger partial charge in [-0.05, 0) is 62.1 Å². The van der Waals surface area contributed by atoms with Crippen molar-refractivity contribution in [3.63, 3.8) is 0 Å². The third-order valence-corrected chi connectivity index (χ3v) is 3.64. The molecule has 0 aromatic heterocycles. The monoisotopic (exact) mass is 269 g/mol. The topological polar surface area (TPSA) is 21.3 Å². The van der Waals surface area contributed by atoms with Gasteiger partial charge in [-0.15, -0.1) is 0 Å². The highest BCUT2D eigenvalue weighted by molar-refractivity contribution is 5.49. The van der Waals surface area contributed by atoms with Gasteiger partial charge in [-0.3, -0.25) is 0 Å². The molecule has 2 heteroatoms. The Kier molecular flexibility index (Phi) is 4.67. The van der Waals surface area contributed by atoms with E-state index in [1.807, 2.05) is 12.1 Å². The largest absolute Gasteiger partial charge is 0.496 e. The Morgan fingerprint density at radius 2 is 1.80 bits per heavy atom. The number of para-hydroxylation sites is 1. The predicted octanol–water partition coefficient (Wildman–Crippen LogP) is 4.36. The summed E-state index contributed by atoms with van der Waals surface area (Å²) in [5.74, 6) is 0.959. The van der Waals surface area contributed by atoms with Crippen molar-refractivity contribution in [2.45, 2.75) is 33.2 Å². The Morgan fingerprint density at radius 3 is 2.50 bits per heavy atom. The lowest BCUT2D eigenvalue weighted by atomic mass is 10.0. The van der Waals surface area contributed by atoms with Crippen molar-refractivity contribution in [3.05, 3.63) is 59.2 Å². The first-order chi connectivity index (χ1) is 9.60. The Labute approximate surface area is 121 Å². The van der Waals surface area contributed by atoms with Gasteiger partial charge in [0.15, 0.2) is 0 Å². The fourth-order valence-corrected chi connectivity index (χ4v) is 2.37. The van der Waals surface area contributed by atoms with Gasteiger partial charge in [-0.2, -0.15) is 0 Å². The third kappa shape index (κ3) is 3.53. The third-order valence-electron chi connectivity index (χ3n) is 3.64. The molecule has 0 aliphatic heterocycles.